The maximum atomic E-state index is 12.0. The maximum Gasteiger partial charge on any atom is 0.250 e. The lowest BCUT2D eigenvalue weighted by Gasteiger charge is -2.08. The summed E-state index contributed by atoms with van der Waals surface area (Å²) in [6.07, 6.45) is 1.69. The highest BCUT2D eigenvalue weighted by molar-refractivity contribution is 7.99. The largest absolute Gasteiger partial charge is 0.318 e. The molecule has 6 heteroatoms. The molecule has 0 saturated carbocycles. The molecule has 0 saturated heterocycles. The summed E-state index contributed by atoms with van der Waals surface area (Å²) in [5, 5.41) is 4.84. The van der Waals surface area contributed by atoms with Crippen molar-refractivity contribution in [2.24, 2.45) is 5.10 Å². The van der Waals surface area contributed by atoms with Crippen molar-refractivity contribution in [1.29, 1.82) is 0 Å². The van der Waals surface area contributed by atoms with Gasteiger partial charge in [0, 0.05) is 33.4 Å². The van der Waals surface area contributed by atoms with Gasteiger partial charge >= 0.3 is 0 Å². The molecule has 1 N–H and O–H groups in total. The van der Waals surface area contributed by atoms with Crippen LogP contribution in [0.1, 0.15) is 22.5 Å². The molecule has 4 nitrogen and oxygen atoms in total. The highest BCUT2D eigenvalue weighted by Gasteiger charge is 2.09. The van der Waals surface area contributed by atoms with Crippen LogP contribution in [-0.2, 0) is 10.5 Å². The van der Waals surface area contributed by atoms with Crippen molar-refractivity contribution in [1.82, 2.24) is 9.99 Å². The van der Waals surface area contributed by atoms with E-state index in [1.807, 2.05) is 49.4 Å². The number of aryl methyl sites for hydroxylation is 1. The molecule has 0 unspecified atom stereocenters. The third-order valence-electron chi connectivity index (χ3n) is 4.33. The van der Waals surface area contributed by atoms with E-state index >= 15 is 0 Å². The monoisotopic (exact) mass is 411 g/mol. The lowest BCUT2D eigenvalue weighted by molar-refractivity contribution is -0.118. The first-order valence-electron chi connectivity index (χ1n) is 8.93. The fourth-order valence-corrected chi connectivity index (χ4v) is 4.07. The van der Waals surface area contributed by atoms with Crippen LogP contribution in [0.5, 0.6) is 0 Å². The Bertz CT molecular complexity index is 983. The zero-order valence-corrected chi connectivity index (χ0v) is 17.4. The summed E-state index contributed by atoms with van der Waals surface area (Å²) in [5.74, 6) is 0.880. The summed E-state index contributed by atoms with van der Waals surface area (Å²) >= 11 is 7.63. The zero-order chi connectivity index (χ0) is 19.9. The van der Waals surface area contributed by atoms with E-state index in [-0.39, 0.29) is 5.91 Å². The van der Waals surface area contributed by atoms with Gasteiger partial charge in [0.1, 0.15) is 0 Å². The molecular weight excluding hydrogens is 390 g/mol. The van der Waals surface area contributed by atoms with Crippen molar-refractivity contribution in [3.8, 4) is 5.69 Å². The molecule has 28 heavy (non-hydrogen) atoms. The fourth-order valence-electron chi connectivity index (χ4n) is 2.97. The van der Waals surface area contributed by atoms with Gasteiger partial charge in [0.05, 0.1) is 12.0 Å². The van der Waals surface area contributed by atoms with Crippen molar-refractivity contribution >= 4 is 35.5 Å². The number of rotatable bonds is 7. The second-order valence-electron chi connectivity index (χ2n) is 6.37. The minimum atomic E-state index is -0.134. The molecule has 0 aliphatic carbocycles. The molecule has 0 aliphatic heterocycles. The number of amides is 1. The Kier molecular flexibility index (Phi) is 6.95. The summed E-state index contributed by atoms with van der Waals surface area (Å²) in [5.41, 5.74) is 7.90. The lowest BCUT2D eigenvalue weighted by atomic mass is 10.2. The Morgan fingerprint density at radius 3 is 2.61 bits per heavy atom. The number of nitrogens with zero attached hydrogens (tertiary/aromatic N) is 2. The molecule has 1 aromatic heterocycles. The smallest absolute Gasteiger partial charge is 0.250 e. The Hall–Kier alpha value is -2.50. The van der Waals surface area contributed by atoms with Crippen molar-refractivity contribution in [3.63, 3.8) is 0 Å². The Labute approximate surface area is 174 Å². The molecule has 0 aliphatic rings. The maximum absolute atomic E-state index is 12.0. The first-order valence-corrected chi connectivity index (χ1v) is 10.5. The van der Waals surface area contributed by atoms with Crippen LogP contribution in [0.25, 0.3) is 5.69 Å². The second-order valence-corrected chi connectivity index (χ2v) is 7.77. The van der Waals surface area contributed by atoms with Gasteiger partial charge in [0.2, 0.25) is 5.91 Å². The highest BCUT2D eigenvalue weighted by atomic mass is 35.5. The average molecular weight is 412 g/mol. The van der Waals surface area contributed by atoms with Gasteiger partial charge in [-0.1, -0.05) is 48.0 Å². The van der Waals surface area contributed by atoms with E-state index in [1.54, 1.807) is 6.21 Å². The van der Waals surface area contributed by atoms with Crippen molar-refractivity contribution < 1.29 is 4.79 Å². The van der Waals surface area contributed by atoms with E-state index in [2.05, 4.69) is 40.2 Å². The van der Waals surface area contributed by atoms with Crippen LogP contribution in [0, 0.1) is 13.8 Å². The fraction of sp³-hybridized carbons (Fsp3) is 0.182. The van der Waals surface area contributed by atoms with Crippen LogP contribution >= 0.6 is 23.4 Å². The Morgan fingerprint density at radius 1 is 1.14 bits per heavy atom. The molecule has 144 valence electrons. The van der Waals surface area contributed by atoms with Crippen molar-refractivity contribution in [2.45, 2.75) is 19.6 Å². The minimum Gasteiger partial charge on any atom is -0.318 e. The minimum absolute atomic E-state index is 0.134. The average Bonchev–Trinajstić information content (AvgIpc) is 2.97. The topological polar surface area (TPSA) is 46.4 Å². The molecule has 1 amide bonds. The van der Waals surface area contributed by atoms with Gasteiger partial charge in [-0.15, -0.1) is 11.8 Å². The van der Waals surface area contributed by atoms with Crippen LogP contribution < -0.4 is 5.43 Å². The van der Waals surface area contributed by atoms with Crippen LogP contribution in [-0.4, -0.2) is 22.4 Å². The molecule has 3 rings (SSSR count). The van der Waals surface area contributed by atoms with E-state index < -0.39 is 0 Å². The highest BCUT2D eigenvalue weighted by Crippen LogP contribution is 2.21. The standard InChI is InChI=1S/C22H22ClN3OS/c1-16-12-19(17(2)26(16)20-9-4-3-5-10-20)13-24-25-22(27)15-28-14-18-8-6-7-11-21(18)23/h3-13H,14-15H2,1-2H3,(H,25,27)/b24-13-. The van der Waals surface area contributed by atoms with Crippen molar-refractivity contribution in [3.05, 3.63) is 88.2 Å². The summed E-state index contributed by atoms with van der Waals surface area (Å²) in [6.45, 7) is 4.10. The number of para-hydroxylation sites is 1. The van der Waals surface area contributed by atoms with Gasteiger partial charge in [-0.2, -0.15) is 5.10 Å². The van der Waals surface area contributed by atoms with Crippen LogP contribution in [0.15, 0.2) is 65.8 Å². The number of carbonyl (C=O) groups excluding carboxylic acids is 1. The SMILES string of the molecule is Cc1cc(/C=N\NC(=O)CSCc2ccccc2Cl)c(C)n1-c1ccccc1. The van der Waals surface area contributed by atoms with E-state index in [9.17, 15) is 4.79 Å². The Balaban J connectivity index is 1.55. The van der Waals surface area contributed by atoms with Crippen LogP contribution in [0.2, 0.25) is 5.02 Å². The van der Waals surface area contributed by atoms with Gasteiger partial charge in [-0.25, -0.2) is 5.43 Å². The van der Waals surface area contributed by atoms with E-state index in [4.69, 9.17) is 11.6 Å². The normalized spacial score (nSPS) is 11.1. The number of nitrogens with one attached hydrogen (secondary N) is 1. The predicted octanol–water partition coefficient (Wildman–Crippen LogP) is 5.13. The summed E-state index contributed by atoms with van der Waals surface area (Å²) in [4.78, 5) is 12.0. The molecule has 0 radical (unpaired) electrons. The molecule has 0 fully saturated rings. The lowest BCUT2D eigenvalue weighted by Crippen LogP contribution is -2.19. The number of carbonyl (C=O) groups is 1. The quantitative estimate of drug-likeness (QED) is 0.432. The molecule has 0 atom stereocenters. The van der Waals surface area contributed by atoms with Crippen LogP contribution in [0.4, 0.5) is 0 Å². The predicted molar refractivity (Wildman–Crippen MR) is 119 cm³/mol. The van der Waals surface area contributed by atoms with Crippen molar-refractivity contribution in [2.75, 3.05) is 5.75 Å². The zero-order valence-electron chi connectivity index (χ0n) is 15.9. The third-order valence-corrected chi connectivity index (χ3v) is 5.68. The Morgan fingerprint density at radius 2 is 1.86 bits per heavy atom. The first kappa shape index (κ1) is 20.2. The van der Waals surface area contributed by atoms with E-state index in [0.717, 1.165) is 33.2 Å². The third kappa shape index (κ3) is 5.06. The number of aromatic nitrogens is 1. The van der Waals surface area contributed by atoms with Crippen LogP contribution in [0.3, 0.4) is 0 Å². The molecule has 0 spiro atoms. The number of thioether (sulfide) groups is 1. The van der Waals surface area contributed by atoms with Gasteiger partial charge < -0.3 is 4.57 Å². The number of hydrogen-bond donors (Lipinski definition) is 1. The van der Waals surface area contributed by atoms with Gasteiger partial charge in [0.15, 0.2) is 0 Å². The van der Waals surface area contributed by atoms with E-state index in [0.29, 0.717) is 11.5 Å². The molecule has 3 aromatic rings. The van der Waals surface area contributed by atoms with Gasteiger partial charge in [-0.05, 0) is 43.7 Å². The summed E-state index contributed by atoms with van der Waals surface area (Å²) in [7, 11) is 0. The second kappa shape index (κ2) is 9.62. The molecule has 1 heterocycles. The molecular formula is C22H22ClN3OS. The number of hydrogen-bond acceptors (Lipinski definition) is 3. The summed E-state index contributed by atoms with van der Waals surface area (Å²) in [6, 6.07) is 19.9. The summed E-state index contributed by atoms with van der Waals surface area (Å²) < 4.78 is 2.17. The number of benzene rings is 2. The van der Waals surface area contributed by atoms with Gasteiger partial charge in [-0.3, -0.25) is 4.79 Å². The molecule has 2 aromatic carbocycles. The number of hydrazone groups is 1. The number of halogens is 1. The van der Waals surface area contributed by atoms with E-state index in [1.165, 1.54) is 11.8 Å². The van der Waals surface area contributed by atoms with Gasteiger partial charge in [0.25, 0.3) is 0 Å². The molecule has 0 bridgehead atoms. The first-order chi connectivity index (χ1) is 13.6.